The third-order valence-electron chi connectivity index (χ3n) is 5.03. The topological polar surface area (TPSA) is 81.0 Å². The van der Waals surface area contributed by atoms with E-state index in [1.54, 1.807) is 12.5 Å². The highest BCUT2D eigenvalue weighted by molar-refractivity contribution is 5.89. The summed E-state index contributed by atoms with van der Waals surface area (Å²) in [6.07, 6.45) is 3.34. The summed E-state index contributed by atoms with van der Waals surface area (Å²) in [4.78, 5) is 15.9. The lowest BCUT2D eigenvalue weighted by molar-refractivity contribution is 0.122. The van der Waals surface area contributed by atoms with Gasteiger partial charge in [-0.2, -0.15) is 5.10 Å². The number of nitrogens with zero attached hydrogens (tertiary/aromatic N) is 6. The van der Waals surface area contributed by atoms with Gasteiger partial charge in [0.15, 0.2) is 5.65 Å². The van der Waals surface area contributed by atoms with E-state index in [0.717, 1.165) is 60.2 Å². The van der Waals surface area contributed by atoms with Crippen LogP contribution in [0.25, 0.3) is 16.7 Å². The number of hydrogen-bond acceptors (Lipinski definition) is 7. The maximum absolute atomic E-state index is 5.43. The molecule has 146 valence electrons. The Kier molecular flexibility index (Phi) is 4.53. The van der Waals surface area contributed by atoms with Gasteiger partial charge in [-0.1, -0.05) is 18.2 Å². The SMILES string of the molecule is Cc1nc(N2CCOCC2)ccc1Nc1ncnc2c1cnn2-c1ccccc1. The molecule has 0 spiro atoms. The van der Waals surface area contributed by atoms with E-state index in [1.807, 2.05) is 54.1 Å². The van der Waals surface area contributed by atoms with Gasteiger partial charge in [0, 0.05) is 13.1 Å². The third kappa shape index (κ3) is 3.38. The summed E-state index contributed by atoms with van der Waals surface area (Å²) in [6.45, 7) is 5.21. The van der Waals surface area contributed by atoms with Crippen LogP contribution in [0.3, 0.4) is 0 Å². The number of benzene rings is 1. The molecule has 1 aliphatic rings. The zero-order chi connectivity index (χ0) is 19.6. The number of aryl methyl sites for hydroxylation is 1. The van der Waals surface area contributed by atoms with Crippen LogP contribution in [-0.4, -0.2) is 51.0 Å². The van der Waals surface area contributed by atoms with E-state index >= 15 is 0 Å². The van der Waals surface area contributed by atoms with Gasteiger partial charge in [0.1, 0.15) is 18.0 Å². The molecule has 0 bridgehead atoms. The number of pyridine rings is 1. The maximum Gasteiger partial charge on any atom is 0.168 e. The standard InChI is InChI=1S/C21H21N7O/c1-15-18(7-8-19(25-15)27-9-11-29-12-10-27)26-20-17-13-24-28(21(17)23-14-22-20)16-5-3-2-4-6-16/h2-8,13-14H,9-12H2,1H3,(H,22,23,26). The molecule has 4 heterocycles. The Hall–Kier alpha value is -3.52. The number of aromatic nitrogens is 5. The summed E-state index contributed by atoms with van der Waals surface area (Å²) in [7, 11) is 0. The first-order chi connectivity index (χ1) is 14.3. The first-order valence-electron chi connectivity index (χ1n) is 9.61. The second kappa shape index (κ2) is 7.48. The van der Waals surface area contributed by atoms with E-state index in [2.05, 4.69) is 25.3 Å². The molecule has 1 N–H and O–H groups in total. The van der Waals surface area contributed by atoms with Crippen LogP contribution in [0.5, 0.6) is 0 Å². The van der Waals surface area contributed by atoms with Crippen molar-refractivity contribution in [3.63, 3.8) is 0 Å². The predicted octanol–water partition coefficient (Wildman–Crippen LogP) is 3.10. The van der Waals surface area contributed by atoms with Crippen LogP contribution in [0, 0.1) is 6.92 Å². The van der Waals surface area contributed by atoms with Crippen LogP contribution in [0.4, 0.5) is 17.3 Å². The van der Waals surface area contributed by atoms with Crippen LogP contribution in [0.1, 0.15) is 5.69 Å². The van der Waals surface area contributed by atoms with Gasteiger partial charge in [-0.15, -0.1) is 0 Å². The number of hydrogen-bond donors (Lipinski definition) is 1. The summed E-state index contributed by atoms with van der Waals surface area (Å²) in [5, 5.41) is 8.76. The fraction of sp³-hybridized carbons (Fsp3) is 0.238. The van der Waals surface area contributed by atoms with Crippen molar-refractivity contribution in [3.05, 3.63) is 60.7 Å². The van der Waals surface area contributed by atoms with E-state index in [9.17, 15) is 0 Å². The van der Waals surface area contributed by atoms with Crippen molar-refractivity contribution in [1.29, 1.82) is 0 Å². The molecule has 1 aromatic carbocycles. The van der Waals surface area contributed by atoms with E-state index in [1.165, 1.54) is 0 Å². The highest BCUT2D eigenvalue weighted by atomic mass is 16.5. The molecule has 0 radical (unpaired) electrons. The molecule has 3 aromatic heterocycles. The summed E-state index contributed by atoms with van der Waals surface area (Å²) in [5.74, 6) is 1.68. The van der Waals surface area contributed by atoms with Crippen molar-refractivity contribution in [3.8, 4) is 5.69 Å². The molecule has 4 aromatic rings. The molecule has 8 heteroatoms. The first kappa shape index (κ1) is 17.6. The highest BCUT2D eigenvalue weighted by Gasteiger charge is 2.15. The lowest BCUT2D eigenvalue weighted by Gasteiger charge is -2.28. The summed E-state index contributed by atoms with van der Waals surface area (Å²) >= 11 is 0. The van der Waals surface area contributed by atoms with E-state index in [-0.39, 0.29) is 0 Å². The molecule has 1 aliphatic heterocycles. The molecular weight excluding hydrogens is 366 g/mol. The summed E-state index contributed by atoms with van der Waals surface area (Å²) in [5.41, 5.74) is 3.54. The smallest absolute Gasteiger partial charge is 0.168 e. The number of ether oxygens (including phenoxy) is 1. The molecule has 1 saturated heterocycles. The molecular formula is C21H21N7O. The normalized spacial score (nSPS) is 14.3. The minimum Gasteiger partial charge on any atom is -0.378 e. The Bertz CT molecular complexity index is 1140. The minimum atomic E-state index is 0.709. The zero-order valence-electron chi connectivity index (χ0n) is 16.1. The Morgan fingerprint density at radius 1 is 1.00 bits per heavy atom. The summed E-state index contributed by atoms with van der Waals surface area (Å²) in [6, 6.07) is 14.0. The van der Waals surface area contributed by atoms with Gasteiger partial charge in [-0.05, 0) is 31.2 Å². The molecule has 0 saturated carbocycles. The van der Waals surface area contributed by atoms with Crippen molar-refractivity contribution in [2.45, 2.75) is 6.92 Å². The van der Waals surface area contributed by atoms with E-state index in [0.29, 0.717) is 5.82 Å². The quantitative estimate of drug-likeness (QED) is 0.576. The maximum atomic E-state index is 5.43. The zero-order valence-corrected chi connectivity index (χ0v) is 16.1. The lowest BCUT2D eigenvalue weighted by Crippen LogP contribution is -2.36. The Morgan fingerprint density at radius 2 is 1.83 bits per heavy atom. The molecule has 5 rings (SSSR count). The van der Waals surface area contributed by atoms with Gasteiger partial charge < -0.3 is 15.0 Å². The molecule has 8 nitrogen and oxygen atoms in total. The number of fused-ring (bicyclic) bond motifs is 1. The van der Waals surface area contributed by atoms with E-state index < -0.39 is 0 Å². The van der Waals surface area contributed by atoms with Gasteiger partial charge in [0.2, 0.25) is 0 Å². The van der Waals surface area contributed by atoms with Gasteiger partial charge in [0.05, 0.1) is 41.9 Å². The number of rotatable bonds is 4. The monoisotopic (exact) mass is 387 g/mol. The average molecular weight is 387 g/mol. The van der Waals surface area contributed by atoms with Gasteiger partial charge >= 0.3 is 0 Å². The highest BCUT2D eigenvalue weighted by Crippen LogP contribution is 2.27. The molecule has 1 fully saturated rings. The van der Waals surface area contributed by atoms with Gasteiger partial charge in [-0.3, -0.25) is 0 Å². The van der Waals surface area contributed by atoms with Crippen molar-refractivity contribution >= 4 is 28.4 Å². The molecule has 0 aliphatic carbocycles. The average Bonchev–Trinajstić information content (AvgIpc) is 3.21. The first-order valence-corrected chi connectivity index (χ1v) is 9.61. The van der Waals surface area contributed by atoms with Crippen molar-refractivity contribution < 1.29 is 4.74 Å². The largest absolute Gasteiger partial charge is 0.378 e. The number of para-hydroxylation sites is 1. The van der Waals surface area contributed by atoms with Crippen LogP contribution in [0.15, 0.2) is 55.0 Å². The van der Waals surface area contributed by atoms with Crippen molar-refractivity contribution in [2.24, 2.45) is 0 Å². The second-order valence-corrected chi connectivity index (χ2v) is 6.88. The second-order valence-electron chi connectivity index (χ2n) is 6.88. The van der Waals surface area contributed by atoms with Crippen LogP contribution in [0.2, 0.25) is 0 Å². The fourth-order valence-corrected chi connectivity index (χ4v) is 3.48. The lowest BCUT2D eigenvalue weighted by atomic mass is 10.2. The molecule has 0 atom stereocenters. The van der Waals surface area contributed by atoms with Crippen LogP contribution in [-0.2, 0) is 4.74 Å². The number of anilines is 3. The minimum absolute atomic E-state index is 0.709. The van der Waals surface area contributed by atoms with Crippen LogP contribution < -0.4 is 10.2 Å². The van der Waals surface area contributed by atoms with Crippen molar-refractivity contribution in [1.82, 2.24) is 24.7 Å². The van der Waals surface area contributed by atoms with Gasteiger partial charge in [0.25, 0.3) is 0 Å². The van der Waals surface area contributed by atoms with Gasteiger partial charge in [-0.25, -0.2) is 19.6 Å². The Morgan fingerprint density at radius 3 is 2.62 bits per heavy atom. The molecule has 0 amide bonds. The van der Waals surface area contributed by atoms with Crippen molar-refractivity contribution in [2.75, 3.05) is 36.5 Å². The van der Waals surface area contributed by atoms with Crippen LogP contribution >= 0.6 is 0 Å². The number of morpholine rings is 1. The third-order valence-corrected chi connectivity index (χ3v) is 5.03. The summed E-state index contributed by atoms with van der Waals surface area (Å²) < 4.78 is 7.24. The molecule has 29 heavy (non-hydrogen) atoms. The fourth-order valence-electron chi connectivity index (χ4n) is 3.48. The number of nitrogens with one attached hydrogen (secondary N) is 1. The Balaban J connectivity index is 1.45. The predicted molar refractivity (Wildman–Crippen MR) is 112 cm³/mol. The van der Waals surface area contributed by atoms with E-state index in [4.69, 9.17) is 9.72 Å². The Labute approximate surface area is 168 Å². The molecule has 0 unspecified atom stereocenters.